The van der Waals surface area contributed by atoms with Gasteiger partial charge in [0, 0.05) is 0 Å². The fourth-order valence-electron chi connectivity index (χ4n) is 1.52. The molecule has 0 unspecified atom stereocenters. The third-order valence-corrected chi connectivity index (χ3v) is 2.41. The summed E-state index contributed by atoms with van der Waals surface area (Å²) in [6.07, 6.45) is 4.43. The molecule has 5 nitrogen and oxygen atoms in total. The van der Waals surface area contributed by atoms with E-state index in [1.54, 1.807) is 0 Å². The van der Waals surface area contributed by atoms with E-state index in [1.807, 2.05) is 12.2 Å². The maximum absolute atomic E-state index is 11.0. The molecule has 3 N–H and O–H groups in total. The maximum atomic E-state index is 11.0. The average molecular weight is 251 g/mol. The highest BCUT2D eigenvalue weighted by Crippen LogP contribution is 2.31. The van der Waals surface area contributed by atoms with Gasteiger partial charge in [0.05, 0.1) is 25.3 Å². The Morgan fingerprint density at radius 1 is 1.33 bits per heavy atom. The van der Waals surface area contributed by atoms with Crippen molar-refractivity contribution < 1.29 is 19.4 Å². The fraction of sp³-hybridized carbons (Fsp3) is 0.308. The quantitative estimate of drug-likeness (QED) is 0.805. The number of nitrogens with two attached hydrogens (primary N) is 1. The van der Waals surface area contributed by atoms with Crippen molar-refractivity contribution >= 4 is 12.0 Å². The Balaban J connectivity index is 3.25. The lowest BCUT2D eigenvalue weighted by molar-refractivity contribution is 0.0696. The summed E-state index contributed by atoms with van der Waals surface area (Å²) in [5.74, 6) is -0.107. The van der Waals surface area contributed by atoms with E-state index in [-0.39, 0.29) is 5.56 Å². The molecule has 0 aromatic heterocycles. The van der Waals surface area contributed by atoms with Gasteiger partial charge in [0.2, 0.25) is 0 Å². The molecule has 0 bridgehead atoms. The lowest BCUT2D eigenvalue weighted by atomic mass is 10.1. The van der Waals surface area contributed by atoms with Gasteiger partial charge in [0.25, 0.3) is 0 Å². The van der Waals surface area contributed by atoms with Gasteiger partial charge in [-0.2, -0.15) is 0 Å². The van der Waals surface area contributed by atoms with E-state index in [2.05, 4.69) is 0 Å². The Labute approximate surface area is 106 Å². The van der Waals surface area contributed by atoms with Gasteiger partial charge in [0.1, 0.15) is 11.5 Å². The van der Waals surface area contributed by atoms with Crippen LogP contribution in [0.1, 0.15) is 22.3 Å². The third-order valence-electron chi connectivity index (χ3n) is 2.41. The maximum Gasteiger partial charge on any atom is 0.335 e. The van der Waals surface area contributed by atoms with E-state index in [0.29, 0.717) is 23.6 Å². The first-order valence-electron chi connectivity index (χ1n) is 5.50. The molecule has 0 aliphatic heterocycles. The van der Waals surface area contributed by atoms with E-state index < -0.39 is 5.97 Å². The standard InChI is InChI=1S/C13H17NO4/c1-17-11-7-9(13(15)16)8-12(18-2)10(11)5-3-4-6-14/h3,5,7-8H,4,6,14H2,1-2H3,(H,15,16). The van der Waals surface area contributed by atoms with Crippen molar-refractivity contribution in [3.63, 3.8) is 0 Å². The van der Waals surface area contributed by atoms with Crippen LogP contribution in [0.25, 0.3) is 6.08 Å². The Kier molecular flexibility index (Phi) is 5.20. The Bertz CT molecular complexity index is 429. The number of carboxylic acid groups (broad SMARTS) is 1. The summed E-state index contributed by atoms with van der Waals surface area (Å²) in [6, 6.07) is 2.93. The molecule has 0 spiro atoms. The van der Waals surface area contributed by atoms with Crippen LogP contribution in [-0.2, 0) is 0 Å². The van der Waals surface area contributed by atoms with E-state index >= 15 is 0 Å². The number of rotatable bonds is 6. The molecular formula is C13H17NO4. The Morgan fingerprint density at radius 2 is 1.89 bits per heavy atom. The van der Waals surface area contributed by atoms with Crippen molar-refractivity contribution in [3.05, 3.63) is 29.3 Å². The minimum absolute atomic E-state index is 0.125. The van der Waals surface area contributed by atoms with Gasteiger partial charge in [-0.05, 0) is 25.1 Å². The second kappa shape index (κ2) is 6.66. The first-order chi connectivity index (χ1) is 8.63. The van der Waals surface area contributed by atoms with Crippen LogP contribution in [0.5, 0.6) is 11.5 Å². The largest absolute Gasteiger partial charge is 0.496 e. The number of methoxy groups -OCH3 is 2. The van der Waals surface area contributed by atoms with Gasteiger partial charge in [-0.3, -0.25) is 0 Å². The molecule has 0 fully saturated rings. The molecule has 0 aliphatic rings. The molecule has 1 aromatic rings. The van der Waals surface area contributed by atoms with Gasteiger partial charge in [-0.1, -0.05) is 12.2 Å². The Morgan fingerprint density at radius 3 is 2.28 bits per heavy atom. The minimum Gasteiger partial charge on any atom is -0.496 e. The van der Waals surface area contributed by atoms with Gasteiger partial charge in [-0.25, -0.2) is 4.79 Å². The summed E-state index contributed by atoms with van der Waals surface area (Å²) in [4.78, 5) is 11.0. The van der Waals surface area contributed by atoms with E-state index in [1.165, 1.54) is 26.4 Å². The molecule has 0 saturated heterocycles. The number of hydrogen-bond donors (Lipinski definition) is 2. The monoisotopic (exact) mass is 251 g/mol. The van der Waals surface area contributed by atoms with Crippen LogP contribution in [-0.4, -0.2) is 31.8 Å². The van der Waals surface area contributed by atoms with E-state index in [4.69, 9.17) is 20.3 Å². The van der Waals surface area contributed by atoms with Crippen LogP contribution in [0, 0.1) is 0 Å². The van der Waals surface area contributed by atoms with Crippen LogP contribution in [0.2, 0.25) is 0 Å². The van der Waals surface area contributed by atoms with Gasteiger partial charge < -0.3 is 20.3 Å². The summed E-state index contributed by atoms with van der Waals surface area (Å²) in [7, 11) is 2.97. The van der Waals surface area contributed by atoms with Crippen molar-refractivity contribution in [2.75, 3.05) is 20.8 Å². The molecule has 0 amide bonds. The zero-order valence-corrected chi connectivity index (χ0v) is 10.5. The van der Waals surface area contributed by atoms with Crippen molar-refractivity contribution in [2.24, 2.45) is 5.73 Å². The summed E-state index contributed by atoms with van der Waals surface area (Å²) in [5.41, 5.74) is 6.24. The summed E-state index contributed by atoms with van der Waals surface area (Å²) < 4.78 is 10.4. The molecule has 0 atom stereocenters. The zero-order chi connectivity index (χ0) is 13.5. The lowest BCUT2D eigenvalue weighted by Crippen LogP contribution is -2.01. The summed E-state index contributed by atoms with van der Waals surface area (Å²) in [5, 5.41) is 8.98. The number of ether oxygens (including phenoxy) is 2. The highest BCUT2D eigenvalue weighted by Gasteiger charge is 2.13. The second-order valence-corrected chi connectivity index (χ2v) is 3.58. The first kappa shape index (κ1) is 14.1. The molecule has 1 rings (SSSR count). The van der Waals surface area contributed by atoms with Crippen molar-refractivity contribution in [1.29, 1.82) is 0 Å². The lowest BCUT2D eigenvalue weighted by Gasteiger charge is -2.11. The molecule has 0 saturated carbocycles. The SMILES string of the molecule is COc1cc(C(=O)O)cc(OC)c1C=CCCN. The molecule has 0 aliphatic carbocycles. The number of aromatic carboxylic acids is 1. The highest BCUT2D eigenvalue weighted by atomic mass is 16.5. The molecule has 18 heavy (non-hydrogen) atoms. The first-order valence-corrected chi connectivity index (χ1v) is 5.50. The van der Waals surface area contributed by atoms with Crippen molar-refractivity contribution in [1.82, 2.24) is 0 Å². The average Bonchev–Trinajstić information content (AvgIpc) is 2.38. The number of carboxylic acids is 1. The van der Waals surface area contributed by atoms with E-state index in [0.717, 1.165) is 6.42 Å². The van der Waals surface area contributed by atoms with Gasteiger partial charge >= 0.3 is 5.97 Å². The molecule has 1 aromatic carbocycles. The van der Waals surface area contributed by atoms with E-state index in [9.17, 15) is 4.79 Å². The minimum atomic E-state index is -1.02. The van der Waals surface area contributed by atoms with Crippen LogP contribution in [0.4, 0.5) is 0 Å². The topological polar surface area (TPSA) is 81.8 Å². The van der Waals surface area contributed by atoms with Gasteiger partial charge in [0.15, 0.2) is 0 Å². The third kappa shape index (κ3) is 3.24. The molecule has 5 heteroatoms. The fourth-order valence-corrected chi connectivity index (χ4v) is 1.52. The smallest absolute Gasteiger partial charge is 0.335 e. The number of carbonyl (C=O) groups is 1. The van der Waals surface area contributed by atoms with Crippen LogP contribution in [0.3, 0.4) is 0 Å². The van der Waals surface area contributed by atoms with Gasteiger partial charge in [-0.15, -0.1) is 0 Å². The predicted molar refractivity (Wildman–Crippen MR) is 69.2 cm³/mol. The normalized spacial score (nSPS) is 10.6. The van der Waals surface area contributed by atoms with Crippen molar-refractivity contribution in [3.8, 4) is 11.5 Å². The second-order valence-electron chi connectivity index (χ2n) is 3.58. The van der Waals surface area contributed by atoms with Crippen molar-refractivity contribution in [2.45, 2.75) is 6.42 Å². The highest BCUT2D eigenvalue weighted by molar-refractivity contribution is 5.90. The molecule has 0 radical (unpaired) electrons. The summed E-state index contributed by atoms with van der Waals surface area (Å²) in [6.45, 7) is 0.550. The van der Waals surface area contributed by atoms with Crippen LogP contribution >= 0.6 is 0 Å². The Hall–Kier alpha value is -2.01. The predicted octanol–water partition coefficient (Wildman–Crippen LogP) is 1.76. The summed E-state index contributed by atoms with van der Waals surface area (Å²) >= 11 is 0. The molecule has 0 heterocycles. The molecule has 98 valence electrons. The number of hydrogen-bond acceptors (Lipinski definition) is 4. The zero-order valence-electron chi connectivity index (χ0n) is 10.5. The number of benzene rings is 1. The van der Waals surface area contributed by atoms with Crippen LogP contribution < -0.4 is 15.2 Å². The van der Waals surface area contributed by atoms with Crippen LogP contribution in [0.15, 0.2) is 18.2 Å². The molecular weight excluding hydrogens is 234 g/mol.